The van der Waals surface area contributed by atoms with Gasteiger partial charge in [0.2, 0.25) is 5.91 Å². The number of hydrogen-bond donors (Lipinski definition) is 1. The van der Waals surface area contributed by atoms with Gasteiger partial charge in [-0.1, -0.05) is 30.3 Å². The molecule has 1 N–H and O–H groups in total. The van der Waals surface area contributed by atoms with Gasteiger partial charge in [-0.15, -0.1) is 11.3 Å². The van der Waals surface area contributed by atoms with Crippen LogP contribution < -0.4 is 5.32 Å². The van der Waals surface area contributed by atoms with Gasteiger partial charge in [-0.05, 0) is 36.1 Å². The second-order valence-corrected chi connectivity index (χ2v) is 7.04. The molecule has 126 valence electrons. The first kappa shape index (κ1) is 16.0. The van der Waals surface area contributed by atoms with Gasteiger partial charge in [0.1, 0.15) is 11.6 Å². The summed E-state index contributed by atoms with van der Waals surface area (Å²) in [7, 11) is 0. The predicted molar refractivity (Wildman–Crippen MR) is 95.6 cm³/mol. The summed E-state index contributed by atoms with van der Waals surface area (Å²) in [6.45, 7) is 0. The lowest BCUT2D eigenvalue weighted by Crippen LogP contribution is -2.15. The molecule has 0 radical (unpaired) electrons. The maximum atomic E-state index is 13.9. The third-order valence-electron chi connectivity index (χ3n) is 4.47. The van der Waals surface area contributed by atoms with E-state index in [2.05, 4.69) is 5.32 Å². The smallest absolute Gasteiger partial charge is 0.228 e. The van der Waals surface area contributed by atoms with Crippen molar-refractivity contribution in [1.82, 2.24) is 0 Å². The van der Waals surface area contributed by atoms with Crippen LogP contribution in [0.5, 0.6) is 0 Å². The molecule has 0 bridgehead atoms. The Hall–Kier alpha value is -2.53. The van der Waals surface area contributed by atoms with Gasteiger partial charge in [0.15, 0.2) is 0 Å². The molecule has 2 aromatic carbocycles. The number of nitrogens with one attached hydrogen (secondary N) is 1. The summed E-state index contributed by atoms with van der Waals surface area (Å²) >= 11 is 1.59. The number of para-hydroxylation sites is 1. The minimum absolute atomic E-state index is 0.0224. The van der Waals surface area contributed by atoms with Crippen molar-refractivity contribution in [1.29, 1.82) is 0 Å². The van der Waals surface area contributed by atoms with Gasteiger partial charge < -0.3 is 5.32 Å². The van der Waals surface area contributed by atoms with Crippen molar-refractivity contribution >= 4 is 22.9 Å². The van der Waals surface area contributed by atoms with Crippen molar-refractivity contribution in [2.75, 3.05) is 5.32 Å². The Bertz CT molecular complexity index is 903. The average molecular weight is 355 g/mol. The first-order valence-electron chi connectivity index (χ1n) is 8.03. The lowest BCUT2D eigenvalue weighted by Gasteiger charge is -2.10. The van der Waals surface area contributed by atoms with Gasteiger partial charge in [0.05, 0.1) is 0 Å². The summed E-state index contributed by atoms with van der Waals surface area (Å²) in [6.07, 6.45) is 0.463. The minimum Gasteiger partial charge on any atom is -0.325 e. The zero-order valence-electron chi connectivity index (χ0n) is 13.2. The topological polar surface area (TPSA) is 29.1 Å². The maximum absolute atomic E-state index is 13.9. The molecule has 0 aliphatic heterocycles. The van der Waals surface area contributed by atoms with Crippen molar-refractivity contribution in [3.05, 3.63) is 77.2 Å². The molecule has 1 fully saturated rings. The third-order valence-corrected chi connectivity index (χ3v) is 5.37. The van der Waals surface area contributed by atoms with E-state index < -0.39 is 23.5 Å². The molecule has 1 amide bonds. The standard InChI is InChI=1S/C20H15F2NOS/c21-15-6-3-7-16(22)19(15)13-11-14(13)20(24)23-17-8-2-1-5-12(17)18-9-4-10-25-18/h1-10,13-14H,11H2,(H,23,24). The molecule has 2 unspecified atom stereocenters. The molecule has 2 atom stereocenters. The third kappa shape index (κ3) is 3.07. The fourth-order valence-corrected chi connectivity index (χ4v) is 3.90. The van der Waals surface area contributed by atoms with Crippen LogP contribution in [0.4, 0.5) is 14.5 Å². The van der Waals surface area contributed by atoms with Crippen molar-refractivity contribution in [3.63, 3.8) is 0 Å². The summed E-state index contributed by atoms with van der Waals surface area (Å²) in [6, 6.07) is 15.3. The molecule has 25 heavy (non-hydrogen) atoms. The first-order valence-corrected chi connectivity index (χ1v) is 8.91. The summed E-state index contributed by atoms with van der Waals surface area (Å²) in [5.74, 6) is -2.16. The number of hydrogen-bond acceptors (Lipinski definition) is 2. The Morgan fingerprint density at radius 3 is 2.48 bits per heavy atom. The summed E-state index contributed by atoms with van der Waals surface area (Å²) in [5, 5.41) is 4.90. The maximum Gasteiger partial charge on any atom is 0.228 e. The molecule has 1 aromatic heterocycles. The normalized spacial score (nSPS) is 18.8. The lowest BCUT2D eigenvalue weighted by molar-refractivity contribution is -0.117. The van der Waals surface area contributed by atoms with E-state index in [-0.39, 0.29) is 11.5 Å². The Morgan fingerprint density at radius 2 is 1.76 bits per heavy atom. The van der Waals surface area contributed by atoms with Crippen molar-refractivity contribution in [3.8, 4) is 10.4 Å². The molecular formula is C20H15F2NOS. The number of halogens is 2. The van der Waals surface area contributed by atoms with Crippen LogP contribution in [-0.4, -0.2) is 5.91 Å². The molecule has 4 rings (SSSR count). The van der Waals surface area contributed by atoms with E-state index in [4.69, 9.17) is 0 Å². The number of amides is 1. The van der Waals surface area contributed by atoms with E-state index in [0.717, 1.165) is 16.1 Å². The van der Waals surface area contributed by atoms with Gasteiger partial charge in [0.25, 0.3) is 0 Å². The van der Waals surface area contributed by atoms with E-state index in [1.165, 1.54) is 18.2 Å². The zero-order chi connectivity index (χ0) is 17.4. The average Bonchev–Trinajstić information content (AvgIpc) is 3.18. The highest BCUT2D eigenvalue weighted by Crippen LogP contribution is 2.49. The molecule has 0 saturated heterocycles. The Balaban J connectivity index is 1.53. The molecule has 2 nitrogen and oxygen atoms in total. The molecular weight excluding hydrogens is 340 g/mol. The number of thiophene rings is 1. The molecule has 1 heterocycles. The molecule has 1 saturated carbocycles. The lowest BCUT2D eigenvalue weighted by atomic mass is 10.1. The highest BCUT2D eigenvalue weighted by molar-refractivity contribution is 7.13. The van der Waals surface area contributed by atoms with Gasteiger partial charge in [0, 0.05) is 33.5 Å². The minimum atomic E-state index is -0.584. The predicted octanol–water partition coefficient (Wildman–Crippen LogP) is 5.44. The zero-order valence-corrected chi connectivity index (χ0v) is 14.0. The monoisotopic (exact) mass is 355 g/mol. The molecule has 1 aliphatic rings. The van der Waals surface area contributed by atoms with Crippen LogP contribution in [0.15, 0.2) is 60.0 Å². The number of rotatable bonds is 4. The first-order chi connectivity index (χ1) is 12.1. The fourth-order valence-electron chi connectivity index (χ4n) is 3.13. The van der Waals surface area contributed by atoms with Crippen molar-refractivity contribution < 1.29 is 13.6 Å². The second-order valence-electron chi connectivity index (χ2n) is 6.10. The molecule has 1 aliphatic carbocycles. The Kier molecular flexibility index (Phi) is 4.09. The van der Waals surface area contributed by atoms with E-state index in [1.807, 2.05) is 41.8 Å². The van der Waals surface area contributed by atoms with Crippen LogP contribution in [-0.2, 0) is 4.79 Å². The molecule has 5 heteroatoms. The number of carbonyl (C=O) groups excluding carboxylic acids is 1. The van der Waals surface area contributed by atoms with Crippen LogP contribution in [0.25, 0.3) is 10.4 Å². The molecule has 3 aromatic rings. The number of benzene rings is 2. The van der Waals surface area contributed by atoms with E-state index in [1.54, 1.807) is 11.3 Å². The van der Waals surface area contributed by atoms with Crippen LogP contribution in [0.3, 0.4) is 0 Å². The van der Waals surface area contributed by atoms with Gasteiger partial charge >= 0.3 is 0 Å². The Morgan fingerprint density at radius 1 is 1.00 bits per heavy atom. The van der Waals surface area contributed by atoms with E-state index >= 15 is 0 Å². The van der Waals surface area contributed by atoms with Gasteiger partial charge in [-0.25, -0.2) is 8.78 Å². The largest absolute Gasteiger partial charge is 0.325 e. The highest BCUT2D eigenvalue weighted by atomic mass is 32.1. The van der Waals surface area contributed by atoms with Gasteiger partial charge in [-0.3, -0.25) is 4.79 Å². The second kappa shape index (κ2) is 6.41. The number of carbonyl (C=O) groups is 1. The van der Waals surface area contributed by atoms with Crippen LogP contribution in [0, 0.1) is 17.6 Å². The quantitative estimate of drug-likeness (QED) is 0.664. The number of anilines is 1. The van der Waals surface area contributed by atoms with Gasteiger partial charge in [-0.2, -0.15) is 0 Å². The van der Waals surface area contributed by atoms with Crippen LogP contribution in [0.1, 0.15) is 17.9 Å². The van der Waals surface area contributed by atoms with E-state index in [0.29, 0.717) is 6.42 Å². The van der Waals surface area contributed by atoms with Crippen LogP contribution in [0.2, 0.25) is 0 Å². The van der Waals surface area contributed by atoms with Crippen molar-refractivity contribution in [2.24, 2.45) is 5.92 Å². The molecule has 0 spiro atoms. The highest BCUT2D eigenvalue weighted by Gasteiger charge is 2.46. The SMILES string of the molecule is O=C(Nc1ccccc1-c1cccs1)C1CC1c1c(F)cccc1F. The summed E-state index contributed by atoms with van der Waals surface area (Å²) in [5.41, 5.74) is 1.68. The van der Waals surface area contributed by atoms with Crippen LogP contribution >= 0.6 is 11.3 Å². The summed E-state index contributed by atoms with van der Waals surface area (Å²) < 4.78 is 27.8. The fraction of sp³-hybridized carbons (Fsp3) is 0.150. The van der Waals surface area contributed by atoms with Crippen molar-refractivity contribution in [2.45, 2.75) is 12.3 Å². The van der Waals surface area contributed by atoms with E-state index in [9.17, 15) is 13.6 Å². The summed E-state index contributed by atoms with van der Waals surface area (Å²) in [4.78, 5) is 13.6. The Labute approximate surface area is 148 Å².